The van der Waals surface area contributed by atoms with Gasteiger partial charge < -0.3 is 10.5 Å². The van der Waals surface area contributed by atoms with E-state index < -0.39 is 0 Å². The standard InChI is InChI=1S/C19H23NO/c1-14-7-12-18(20)19(13-14)21-17-10-8-16(9-11-17)15-5-3-2-4-6-15/h2-6,8-11,14,18-19H,7,12-13,20H2,1H3. The molecule has 0 radical (unpaired) electrons. The van der Waals surface area contributed by atoms with Crippen LogP contribution in [0.5, 0.6) is 5.75 Å². The molecule has 0 heterocycles. The van der Waals surface area contributed by atoms with Gasteiger partial charge in [0.2, 0.25) is 0 Å². The Morgan fingerprint density at radius 2 is 1.57 bits per heavy atom. The number of nitrogens with two attached hydrogens (primary N) is 1. The molecule has 0 spiro atoms. The third kappa shape index (κ3) is 3.45. The van der Waals surface area contributed by atoms with E-state index in [1.165, 1.54) is 17.5 Å². The van der Waals surface area contributed by atoms with E-state index in [1.54, 1.807) is 0 Å². The Kier molecular flexibility index (Phi) is 4.26. The average Bonchev–Trinajstić information content (AvgIpc) is 2.53. The molecule has 2 N–H and O–H groups in total. The van der Waals surface area contributed by atoms with Crippen LogP contribution in [-0.2, 0) is 0 Å². The second-order valence-corrected chi connectivity index (χ2v) is 6.13. The van der Waals surface area contributed by atoms with Gasteiger partial charge in [0, 0.05) is 6.04 Å². The summed E-state index contributed by atoms with van der Waals surface area (Å²) in [6.45, 7) is 2.28. The zero-order chi connectivity index (χ0) is 14.7. The minimum absolute atomic E-state index is 0.149. The molecule has 2 nitrogen and oxygen atoms in total. The molecule has 0 aromatic heterocycles. The van der Waals surface area contributed by atoms with E-state index in [4.69, 9.17) is 10.5 Å². The Morgan fingerprint density at radius 1 is 0.905 bits per heavy atom. The highest BCUT2D eigenvalue weighted by molar-refractivity contribution is 5.63. The fourth-order valence-electron chi connectivity index (χ4n) is 3.02. The molecular weight excluding hydrogens is 258 g/mol. The molecular formula is C19H23NO. The minimum Gasteiger partial charge on any atom is -0.489 e. The van der Waals surface area contributed by atoms with E-state index in [2.05, 4.69) is 43.3 Å². The molecule has 0 amide bonds. The fraction of sp³-hybridized carbons (Fsp3) is 0.368. The maximum absolute atomic E-state index is 6.19. The van der Waals surface area contributed by atoms with Crippen LogP contribution in [-0.4, -0.2) is 12.1 Å². The van der Waals surface area contributed by atoms with Gasteiger partial charge in [-0.3, -0.25) is 0 Å². The molecule has 1 fully saturated rings. The number of hydrogen-bond donors (Lipinski definition) is 1. The lowest BCUT2D eigenvalue weighted by molar-refractivity contribution is 0.108. The second kappa shape index (κ2) is 6.31. The van der Waals surface area contributed by atoms with Crippen molar-refractivity contribution in [3.8, 4) is 16.9 Å². The molecule has 2 aromatic rings. The molecule has 3 unspecified atom stereocenters. The summed E-state index contributed by atoms with van der Waals surface area (Å²) in [5.41, 5.74) is 8.63. The van der Waals surface area contributed by atoms with Crippen LogP contribution in [0.15, 0.2) is 54.6 Å². The Bertz CT molecular complexity index is 564. The highest BCUT2D eigenvalue weighted by Crippen LogP contribution is 2.28. The predicted octanol–water partition coefficient (Wildman–Crippen LogP) is 4.25. The molecule has 110 valence electrons. The number of benzene rings is 2. The van der Waals surface area contributed by atoms with E-state index in [-0.39, 0.29) is 12.1 Å². The van der Waals surface area contributed by atoms with E-state index in [1.807, 2.05) is 18.2 Å². The first-order valence-corrected chi connectivity index (χ1v) is 7.80. The fourth-order valence-corrected chi connectivity index (χ4v) is 3.02. The quantitative estimate of drug-likeness (QED) is 0.913. The molecule has 2 aromatic carbocycles. The zero-order valence-electron chi connectivity index (χ0n) is 12.5. The van der Waals surface area contributed by atoms with Crippen molar-refractivity contribution in [3.05, 3.63) is 54.6 Å². The lowest BCUT2D eigenvalue weighted by Gasteiger charge is -2.32. The monoisotopic (exact) mass is 281 g/mol. The first-order chi connectivity index (χ1) is 10.2. The van der Waals surface area contributed by atoms with Crippen LogP contribution in [0.1, 0.15) is 26.2 Å². The first-order valence-electron chi connectivity index (χ1n) is 7.80. The summed E-state index contributed by atoms with van der Waals surface area (Å²) < 4.78 is 6.10. The van der Waals surface area contributed by atoms with E-state index in [0.29, 0.717) is 5.92 Å². The van der Waals surface area contributed by atoms with Crippen LogP contribution in [0.25, 0.3) is 11.1 Å². The summed E-state index contributed by atoms with van der Waals surface area (Å²) in [6.07, 6.45) is 3.49. The molecule has 0 bridgehead atoms. The van der Waals surface area contributed by atoms with Crippen molar-refractivity contribution in [2.75, 3.05) is 0 Å². The highest BCUT2D eigenvalue weighted by atomic mass is 16.5. The second-order valence-electron chi connectivity index (χ2n) is 6.13. The summed E-state index contributed by atoms with van der Waals surface area (Å²) in [6, 6.07) is 18.9. The van der Waals surface area contributed by atoms with Gasteiger partial charge in [-0.25, -0.2) is 0 Å². The molecule has 3 rings (SSSR count). The van der Waals surface area contributed by atoms with Crippen LogP contribution < -0.4 is 10.5 Å². The van der Waals surface area contributed by atoms with Crippen molar-refractivity contribution in [2.24, 2.45) is 11.7 Å². The minimum atomic E-state index is 0.149. The van der Waals surface area contributed by atoms with E-state index in [9.17, 15) is 0 Å². The van der Waals surface area contributed by atoms with E-state index >= 15 is 0 Å². The number of rotatable bonds is 3. The van der Waals surface area contributed by atoms with Crippen molar-refractivity contribution in [2.45, 2.75) is 38.3 Å². The first kappa shape index (κ1) is 14.2. The summed E-state index contributed by atoms with van der Waals surface area (Å²) >= 11 is 0. The molecule has 21 heavy (non-hydrogen) atoms. The van der Waals surface area contributed by atoms with Gasteiger partial charge in [-0.1, -0.05) is 49.4 Å². The topological polar surface area (TPSA) is 35.2 Å². The average molecular weight is 281 g/mol. The van der Waals surface area contributed by atoms with Gasteiger partial charge in [0.25, 0.3) is 0 Å². The SMILES string of the molecule is CC1CCC(N)C(Oc2ccc(-c3ccccc3)cc2)C1. The third-order valence-electron chi connectivity index (χ3n) is 4.35. The van der Waals surface area contributed by atoms with Gasteiger partial charge in [-0.15, -0.1) is 0 Å². The summed E-state index contributed by atoms with van der Waals surface area (Å²) in [5, 5.41) is 0. The summed E-state index contributed by atoms with van der Waals surface area (Å²) in [7, 11) is 0. The van der Waals surface area contributed by atoms with Crippen LogP contribution in [0.3, 0.4) is 0 Å². The Hall–Kier alpha value is -1.80. The highest BCUT2D eigenvalue weighted by Gasteiger charge is 2.27. The van der Waals surface area contributed by atoms with Crippen molar-refractivity contribution < 1.29 is 4.74 Å². The van der Waals surface area contributed by atoms with Crippen molar-refractivity contribution in [1.82, 2.24) is 0 Å². The normalized spacial score (nSPS) is 25.5. The summed E-state index contributed by atoms with van der Waals surface area (Å²) in [4.78, 5) is 0. The predicted molar refractivity (Wildman–Crippen MR) is 87.3 cm³/mol. The molecule has 1 saturated carbocycles. The van der Waals surface area contributed by atoms with Gasteiger partial charge in [-0.2, -0.15) is 0 Å². The Morgan fingerprint density at radius 3 is 2.29 bits per heavy atom. The lowest BCUT2D eigenvalue weighted by atomic mass is 9.85. The molecule has 1 aliphatic carbocycles. The van der Waals surface area contributed by atoms with Gasteiger partial charge in [0.05, 0.1) is 0 Å². The van der Waals surface area contributed by atoms with Crippen molar-refractivity contribution in [3.63, 3.8) is 0 Å². The smallest absolute Gasteiger partial charge is 0.119 e. The molecule has 0 aliphatic heterocycles. The maximum Gasteiger partial charge on any atom is 0.119 e. The molecule has 0 saturated heterocycles. The third-order valence-corrected chi connectivity index (χ3v) is 4.35. The number of ether oxygens (including phenoxy) is 1. The number of hydrogen-bond acceptors (Lipinski definition) is 2. The zero-order valence-corrected chi connectivity index (χ0v) is 12.5. The van der Waals surface area contributed by atoms with E-state index in [0.717, 1.165) is 18.6 Å². The van der Waals surface area contributed by atoms with Crippen molar-refractivity contribution >= 4 is 0 Å². The summed E-state index contributed by atoms with van der Waals surface area (Å²) in [5.74, 6) is 1.63. The van der Waals surface area contributed by atoms with Crippen LogP contribution >= 0.6 is 0 Å². The molecule has 2 heteroatoms. The van der Waals surface area contributed by atoms with Gasteiger partial charge in [0.15, 0.2) is 0 Å². The van der Waals surface area contributed by atoms with Gasteiger partial charge >= 0.3 is 0 Å². The molecule has 1 aliphatic rings. The lowest BCUT2D eigenvalue weighted by Crippen LogP contribution is -2.43. The van der Waals surface area contributed by atoms with Gasteiger partial charge in [0.1, 0.15) is 11.9 Å². The Labute approximate surface area is 126 Å². The van der Waals surface area contributed by atoms with Crippen LogP contribution in [0, 0.1) is 5.92 Å². The largest absolute Gasteiger partial charge is 0.489 e. The Balaban J connectivity index is 1.70. The van der Waals surface area contributed by atoms with Crippen LogP contribution in [0.2, 0.25) is 0 Å². The molecule has 3 atom stereocenters. The van der Waals surface area contributed by atoms with Crippen molar-refractivity contribution in [1.29, 1.82) is 0 Å². The maximum atomic E-state index is 6.19. The van der Waals surface area contributed by atoms with Gasteiger partial charge in [-0.05, 0) is 48.4 Å². The van der Waals surface area contributed by atoms with Crippen LogP contribution in [0.4, 0.5) is 0 Å².